The molecule has 1 rings (SSSR count). The molecule has 1 nitrogen and oxygen atoms in total. The number of rotatable bonds is 4. The largest absolute Gasteiger partial charge is 0.388 e. The van der Waals surface area contributed by atoms with Crippen molar-refractivity contribution in [3.05, 3.63) is 32.9 Å². The fraction of sp³-hybridized carbons (Fsp3) is 0.538. The number of aliphatic hydroxyl groups excluding tert-OH is 1. The van der Waals surface area contributed by atoms with Gasteiger partial charge in [0.1, 0.15) is 0 Å². The third-order valence-electron chi connectivity index (χ3n) is 2.82. The summed E-state index contributed by atoms with van der Waals surface area (Å²) in [4.78, 5) is 0. The molecule has 0 amide bonds. The van der Waals surface area contributed by atoms with Gasteiger partial charge in [0.2, 0.25) is 0 Å². The number of aliphatic hydroxyl groups is 1. The standard InChI is InChI=1S/C13H19IO/c1-4-6-10(3)13(15)11-8-5-7-9(2)12(11)14/h5,7-8,10,13,15H,4,6H2,1-3H3. The molecule has 0 radical (unpaired) electrons. The molecule has 0 aliphatic carbocycles. The minimum absolute atomic E-state index is 0.322. The molecule has 0 heterocycles. The highest BCUT2D eigenvalue weighted by atomic mass is 127. The Morgan fingerprint density at radius 2 is 2.07 bits per heavy atom. The van der Waals surface area contributed by atoms with E-state index in [9.17, 15) is 5.11 Å². The van der Waals surface area contributed by atoms with Crippen LogP contribution in [-0.2, 0) is 0 Å². The highest BCUT2D eigenvalue weighted by Crippen LogP contribution is 2.30. The lowest BCUT2D eigenvalue weighted by atomic mass is 9.93. The van der Waals surface area contributed by atoms with Gasteiger partial charge in [0.25, 0.3) is 0 Å². The van der Waals surface area contributed by atoms with Gasteiger partial charge in [-0.05, 0) is 53.0 Å². The first-order chi connectivity index (χ1) is 7.07. The Hall–Kier alpha value is -0.0900. The molecule has 2 atom stereocenters. The summed E-state index contributed by atoms with van der Waals surface area (Å²) in [5.41, 5.74) is 2.33. The average molecular weight is 318 g/mol. The fourth-order valence-corrected chi connectivity index (χ4v) is 2.50. The van der Waals surface area contributed by atoms with Gasteiger partial charge in [-0.2, -0.15) is 0 Å². The monoisotopic (exact) mass is 318 g/mol. The van der Waals surface area contributed by atoms with Crippen molar-refractivity contribution in [1.82, 2.24) is 0 Å². The lowest BCUT2D eigenvalue weighted by Crippen LogP contribution is -2.10. The molecule has 0 fully saturated rings. The van der Waals surface area contributed by atoms with E-state index in [0.717, 1.165) is 18.4 Å². The summed E-state index contributed by atoms with van der Waals surface area (Å²) >= 11 is 2.32. The molecule has 1 N–H and O–H groups in total. The van der Waals surface area contributed by atoms with E-state index in [1.165, 1.54) is 9.13 Å². The summed E-state index contributed by atoms with van der Waals surface area (Å²) in [6.45, 7) is 6.36. The number of hydrogen-bond acceptors (Lipinski definition) is 1. The molecule has 0 aliphatic heterocycles. The maximum atomic E-state index is 10.2. The van der Waals surface area contributed by atoms with Crippen molar-refractivity contribution < 1.29 is 5.11 Å². The van der Waals surface area contributed by atoms with Crippen LogP contribution in [0, 0.1) is 16.4 Å². The third kappa shape index (κ3) is 3.18. The van der Waals surface area contributed by atoms with Crippen molar-refractivity contribution in [3.8, 4) is 0 Å². The van der Waals surface area contributed by atoms with Crippen molar-refractivity contribution in [2.24, 2.45) is 5.92 Å². The first-order valence-corrected chi connectivity index (χ1v) is 6.58. The average Bonchev–Trinajstić information content (AvgIpc) is 2.21. The van der Waals surface area contributed by atoms with Gasteiger partial charge >= 0.3 is 0 Å². The quantitative estimate of drug-likeness (QED) is 0.830. The first kappa shape index (κ1) is 13.0. The molecular weight excluding hydrogens is 299 g/mol. The van der Waals surface area contributed by atoms with E-state index in [-0.39, 0.29) is 6.10 Å². The molecule has 1 aromatic rings. The normalized spacial score (nSPS) is 15.0. The Morgan fingerprint density at radius 1 is 1.40 bits per heavy atom. The van der Waals surface area contributed by atoms with Crippen molar-refractivity contribution in [1.29, 1.82) is 0 Å². The lowest BCUT2D eigenvalue weighted by molar-refractivity contribution is 0.111. The Labute approximate surface area is 106 Å². The van der Waals surface area contributed by atoms with Crippen LogP contribution in [0.3, 0.4) is 0 Å². The van der Waals surface area contributed by atoms with Crippen LogP contribution in [-0.4, -0.2) is 5.11 Å². The molecule has 0 aliphatic rings. The molecule has 0 spiro atoms. The number of aryl methyl sites for hydroxylation is 1. The zero-order valence-electron chi connectivity index (χ0n) is 9.63. The predicted molar refractivity (Wildman–Crippen MR) is 72.9 cm³/mol. The van der Waals surface area contributed by atoms with Gasteiger partial charge in [0.15, 0.2) is 0 Å². The summed E-state index contributed by atoms with van der Waals surface area (Å²) in [5.74, 6) is 0.338. The smallest absolute Gasteiger partial charge is 0.0825 e. The molecule has 15 heavy (non-hydrogen) atoms. The summed E-state index contributed by atoms with van der Waals surface area (Å²) in [6, 6.07) is 6.14. The Morgan fingerprint density at radius 3 is 2.67 bits per heavy atom. The van der Waals surface area contributed by atoms with Crippen LogP contribution in [0.2, 0.25) is 0 Å². The zero-order chi connectivity index (χ0) is 11.4. The summed E-state index contributed by atoms with van der Waals surface area (Å²) < 4.78 is 1.20. The topological polar surface area (TPSA) is 20.2 Å². The SMILES string of the molecule is CCCC(C)C(O)c1cccc(C)c1I. The van der Waals surface area contributed by atoms with Crippen molar-refractivity contribution in [2.45, 2.75) is 39.7 Å². The molecule has 2 unspecified atom stereocenters. The minimum Gasteiger partial charge on any atom is -0.388 e. The second-order valence-electron chi connectivity index (χ2n) is 4.19. The van der Waals surface area contributed by atoms with E-state index in [1.807, 2.05) is 12.1 Å². The van der Waals surface area contributed by atoms with Crippen LogP contribution < -0.4 is 0 Å². The molecule has 0 bridgehead atoms. The van der Waals surface area contributed by atoms with Crippen LogP contribution in [0.5, 0.6) is 0 Å². The number of benzene rings is 1. The highest BCUT2D eigenvalue weighted by Gasteiger charge is 2.18. The Kier molecular flexibility index (Phi) is 5.06. The van der Waals surface area contributed by atoms with Gasteiger partial charge in [-0.1, -0.05) is 38.5 Å². The van der Waals surface area contributed by atoms with Crippen LogP contribution in [0.4, 0.5) is 0 Å². The van der Waals surface area contributed by atoms with E-state index < -0.39 is 0 Å². The van der Waals surface area contributed by atoms with Gasteiger partial charge in [0, 0.05) is 3.57 Å². The van der Waals surface area contributed by atoms with E-state index >= 15 is 0 Å². The van der Waals surface area contributed by atoms with E-state index in [4.69, 9.17) is 0 Å². The summed E-state index contributed by atoms with van der Waals surface area (Å²) in [6.07, 6.45) is 1.88. The van der Waals surface area contributed by atoms with Crippen LogP contribution in [0.15, 0.2) is 18.2 Å². The zero-order valence-corrected chi connectivity index (χ0v) is 11.8. The van der Waals surface area contributed by atoms with Crippen molar-refractivity contribution >= 4 is 22.6 Å². The third-order valence-corrected chi connectivity index (χ3v) is 4.30. The Balaban J connectivity index is 2.90. The maximum absolute atomic E-state index is 10.2. The molecule has 0 aromatic heterocycles. The predicted octanol–water partition coefficient (Wildman–Crippen LogP) is 4.07. The second-order valence-corrected chi connectivity index (χ2v) is 5.27. The van der Waals surface area contributed by atoms with Crippen molar-refractivity contribution in [3.63, 3.8) is 0 Å². The van der Waals surface area contributed by atoms with Crippen LogP contribution >= 0.6 is 22.6 Å². The number of halogens is 1. The molecule has 84 valence electrons. The minimum atomic E-state index is -0.322. The van der Waals surface area contributed by atoms with E-state index in [1.54, 1.807) is 0 Å². The van der Waals surface area contributed by atoms with E-state index in [0.29, 0.717) is 5.92 Å². The lowest BCUT2D eigenvalue weighted by Gasteiger charge is -2.20. The maximum Gasteiger partial charge on any atom is 0.0825 e. The molecule has 1 aromatic carbocycles. The second kappa shape index (κ2) is 5.85. The highest BCUT2D eigenvalue weighted by molar-refractivity contribution is 14.1. The molecule has 2 heteroatoms. The fourth-order valence-electron chi connectivity index (χ4n) is 1.82. The van der Waals surface area contributed by atoms with Gasteiger partial charge in [-0.3, -0.25) is 0 Å². The van der Waals surface area contributed by atoms with Crippen LogP contribution in [0.1, 0.15) is 43.9 Å². The first-order valence-electron chi connectivity index (χ1n) is 5.51. The van der Waals surface area contributed by atoms with Crippen molar-refractivity contribution in [2.75, 3.05) is 0 Å². The van der Waals surface area contributed by atoms with Gasteiger partial charge in [-0.25, -0.2) is 0 Å². The van der Waals surface area contributed by atoms with Crippen LogP contribution in [0.25, 0.3) is 0 Å². The van der Waals surface area contributed by atoms with E-state index in [2.05, 4.69) is 49.4 Å². The molecule has 0 saturated carbocycles. The van der Waals surface area contributed by atoms with Gasteiger partial charge < -0.3 is 5.11 Å². The summed E-state index contributed by atoms with van der Waals surface area (Å²) in [7, 11) is 0. The molecular formula is C13H19IO. The molecule has 0 saturated heterocycles. The van der Waals surface area contributed by atoms with Gasteiger partial charge in [0.05, 0.1) is 6.10 Å². The number of hydrogen-bond donors (Lipinski definition) is 1. The Bertz CT molecular complexity index is 322. The summed E-state index contributed by atoms with van der Waals surface area (Å²) in [5, 5.41) is 10.2. The van der Waals surface area contributed by atoms with Gasteiger partial charge in [-0.15, -0.1) is 0 Å².